The Balaban J connectivity index is 2.96. The molecule has 1 heterocycles. The highest BCUT2D eigenvalue weighted by molar-refractivity contribution is 6.28. The van der Waals surface area contributed by atoms with Crippen molar-refractivity contribution in [3.05, 3.63) is 21.1 Å². The number of nitrogens with zero attached hydrogens (tertiary/aromatic N) is 3. The molecule has 1 unspecified atom stereocenters. The van der Waals surface area contributed by atoms with E-state index >= 15 is 0 Å². The van der Waals surface area contributed by atoms with Crippen LogP contribution in [0.4, 0.5) is 11.5 Å². The average molecular weight is 275 g/mol. The lowest BCUT2D eigenvalue weighted by atomic mass is 10.3. The monoisotopic (exact) mass is 274 g/mol. The highest BCUT2D eigenvalue weighted by Gasteiger charge is 2.22. The fourth-order valence-corrected chi connectivity index (χ4v) is 1.63. The summed E-state index contributed by atoms with van der Waals surface area (Å²) in [4.78, 5) is 18.0. The zero-order chi connectivity index (χ0) is 13.7. The van der Waals surface area contributed by atoms with Crippen LogP contribution in [0.2, 0.25) is 5.28 Å². The van der Waals surface area contributed by atoms with Crippen LogP contribution in [0.15, 0.2) is 0 Å². The average Bonchev–Trinajstić information content (AvgIpc) is 2.24. The summed E-state index contributed by atoms with van der Waals surface area (Å²) < 4.78 is 5.22. The molecule has 8 heteroatoms. The Morgan fingerprint density at radius 1 is 1.56 bits per heavy atom. The number of halogens is 1. The van der Waals surface area contributed by atoms with Crippen LogP contribution in [0.1, 0.15) is 19.5 Å². The fourth-order valence-electron chi connectivity index (χ4n) is 1.42. The van der Waals surface area contributed by atoms with E-state index in [1.54, 1.807) is 0 Å². The number of rotatable bonds is 6. The number of aromatic nitrogens is 2. The quantitative estimate of drug-likeness (QED) is 0.486. The molecular formula is C10H15ClN4O3. The predicted octanol–water partition coefficient (Wildman–Crippen LogP) is 2.18. The van der Waals surface area contributed by atoms with Crippen LogP contribution in [0, 0.1) is 17.0 Å². The number of hydrogen-bond donors (Lipinski definition) is 1. The van der Waals surface area contributed by atoms with Gasteiger partial charge in [-0.15, -0.1) is 0 Å². The van der Waals surface area contributed by atoms with Gasteiger partial charge in [0.2, 0.25) is 11.1 Å². The first-order chi connectivity index (χ1) is 8.45. The van der Waals surface area contributed by atoms with Gasteiger partial charge in [-0.2, -0.15) is 4.98 Å². The summed E-state index contributed by atoms with van der Waals surface area (Å²) in [5.41, 5.74) is 0.0638. The van der Waals surface area contributed by atoms with Crippen LogP contribution in [0.5, 0.6) is 0 Å². The molecular weight excluding hydrogens is 260 g/mol. The predicted molar refractivity (Wildman–Crippen MR) is 68.0 cm³/mol. The van der Waals surface area contributed by atoms with Gasteiger partial charge in [-0.1, -0.05) is 0 Å². The molecule has 1 rings (SSSR count). The van der Waals surface area contributed by atoms with E-state index < -0.39 is 4.92 Å². The van der Waals surface area contributed by atoms with Crippen LogP contribution >= 0.6 is 11.6 Å². The second-order valence-electron chi connectivity index (χ2n) is 3.74. The van der Waals surface area contributed by atoms with E-state index in [4.69, 9.17) is 16.3 Å². The van der Waals surface area contributed by atoms with Crippen molar-refractivity contribution >= 4 is 23.1 Å². The van der Waals surface area contributed by atoms with Gasteiger partial charge in [0.25, 0.3) is 0 Å². The molecule has 0 aliphatic heterocycles. The van der Waals surface area contributed by atoms with Crippen LogP contribution < -0.4 is 5.32 Å². The molecule has 0 saturated carbocycles. The molecule has 0 saturated heterocycles. The first-order valence-electron chi connectivity index (χ1n) is 5.48. The molecule has 0 radical (unpaired) electrons. The van der Waals surface area contributed by atoms with Crippen LogP contribution in [-0.2, 0) is 4.74 Å². The smallest absolute Gasteiger partial charge is 0.332 e. The Morgan fingerprint density at radius 3 is 2.78 bits per heavy atom. The SMILES string of the molecule is CCOCC(C)Nc1nc(Cl)nc(C)c1[N+](=O)[O-]. The van der Waals surface area contributed by atoms with Crippen molar-refractivity contribution in [1.82, 2.24) is 9.97 Å². The Hall–Kier alpha value is -1.47. The molecule has 100 valence electrons. The highest BCUT2D eigenvalue weighted by atomic mass is 35.5. The zero-order valence-electron chi connectivity index (χ0n) is 10.4. The summed E-state index contributed by atoms with van der Waals surface area (Å²) in [7, 11) is 0. The molecule has 18 heavy (non-hydrogen) atoms. The molecule has 1 atom stereocenters. The van der Waals surface area contributed by atoms with Gasteiger partial charge in [0.1, 0.15) is 5.69 Å². The largest absolute Gasteiger partial charge is 0.380 e. The summed E-state index contributed by atoms with van der Waals surface area (Å²) >= 11 is 5.70. The fraction of sp³-hybridized carbons (Fsp3) is 0.600. The van der Waals surface area contributed by atoms with Crippen LogP contribution in [0.25, 0.3) is 0 Å². The molecule has 0 spiro atoms. The topological polar surface area (TPSA) is 90.2 Å². The highest BCUT2D eigenvalue weighted by Crippen LogP contribution is 2.26. The maximum absolute atomic E-state index is 11.0. The lowest BCUT2D eigenvalue weighted by Crippen LogP contribution is -2.23. The van der Waals surface area contributed by atoms with E-state index in [2.05, 4.69) is 15.3 Å². The van der Waals surface area contributed by atoms with Gasteiger partial charge >= 0.3 is 5.69 Å². The molecule has 1 N–H and O–H groups in total. The lowest BCUT2D eigenvalue weighted by Gasteiger charge is -2.14. The number of nitrogens with one attached hydrogen (secondary N) is 1. The van der Waals surface area contributed by atoms with Gasteiger partial charge in [0.05, 0.1) is 11.5 Å². The Labute approximate surface area is 110 Å². The van der Waals surface area contributed by atoms with Crippen LogP contribution in [-0.4, -0.2) is 34.1 Å². The lowest BCUT2D eigenvalue weighted by molar-refractivity contribution is -0.385. The third-order valence-electron chi connectivity index (χ3n) is 2.17. The number of ether oxygens (including phenoxy) is 1. The molecule has 0 amide bonds. The minimum absolute atomic E-state index is 0.0239. The first kappa shape index (κ1) is 14.6. The molecule has 1 aromatic rings. The van der Waals surface area contributed by atoms with E-state index in [1.165, 1.54) is 6.92 Å². The van der Waals surface area contributed by atoms with Gasteiger partial charge in [-0.05, 0) is 32.4 Å². The third-order valence-corrected chi connectivity index (χ3v) is 2.34. The van der Waals surface area contributed by atoms with E-state index in [1.807, 2.05) is 13.8 Å². The Bertz CT molecular complexity index is 441. The van der Waals surface area contributed by atoms with E-state index in [0.29, 0.717) is 13.2 Å². The van der Waals surface area contributed by atoms with Crippen molar-refractivity contribution in [1.29, 1.82) is 0 Å². The maximum atomic E-state index is 11.0. The normalized spacial score (nSPS) is 12.2. The molecule has 0 fully saturated rings. The summed E-state index contributed by atoms with van der Waals surface area (Å²) in [6, 6.07) is -0.117. The number of nitro groups is 1. The molecule has 1 aromatic heterocycles. The van der Waals surface area contributed by atoms with Gasteiger partial charge < -0.3 is 10.1 Å². The van der Waals surface area contributed by atoms with E-state index in [0.717, 1.165) is 0 Å². The van der Waals surface area contributed by atoms with Gasteiger partial charge in [0.15, 0.2) is 0 Å². The molecule has 0 bridgehead atoms. The second-order valence-corrected chi connectivity index (χ2v) is 4.08. The van der Waals surface area contributed by atoms with Crippen molar-refractivity contribution in [2.45, 2.75) is 26.8 Å². The van der Waals surface area contributed by atoms with Gasteiger partial charge in [-0.3, -0.25) is 10.1 Å². The van der Waals surface area contributed by atoms with Crippen molar-refractivity contribution in [2.24, 2.45) is 0 Å². The second kappa shape index (κ2) is 6.46. The minimum atomic E-state index is -0.526. The summed E-state index contributed by atoms with van der Waals surface area (Å²) in [6.45, 7) is 6.24. The molecule has 0 aromatic carbocycles. The Kier molecular flexibility index (Phi) is 5.24. The van der Waals surface area contributed by atoms with Crippen LogP contribution in [0.3, 0.4) is 0 Å². The minimum Gasteiger partial charge on any atom is -0.380 e. The van der Waals surface area contributed by atoms with Gasteiger partial charge in [-0.25, -0.2) is 4.98 Å². The van der Waals surface area contributed by atoms with Crippen molar-refractivity contribution in [2.75, 3.05) is 18.5 Å². The van der Waals surface area contributed by atoms with Crippen molar-refractivity contribution < 1.29 is 9.66 Å². The van der Waals surface area contributed by atoms with E-state index in [9.17, 15) is 10.1 Å². The molecule has 7 nitrogen and oxygen atoms in total. The first-order valence-corrected chi connectivity index (χ1v) is 5.86. The molecule has 0 aliphatic rings. The summed E-state index contributed by atoms with van der Waals surface area (Å²) in [6.07, 6.45) is 0. The zero-order valence-corrected chi connectivity index (χ0v) is 11.2. The van der Waals surface area contributed by atoms with E-state index in [-0.39, 0.29) is 28.5 Å². The number of hydrogen-bond acceptors (Lipinski definition) is 6. The van der Waals surface area contributed by atoms with Gasteiger partial charge in [0, 0.05) is 12.6 Å². The molecule has 0 aliphatic carbocycles. The van der Waals surface area contributed by atoms with Crippen molar-refractivity contribution in [3.63, 3.8) is 0 Å². The standard InChI is InChI=1S/C10H15ClN4O3/c1-4-18-5-6(2)12-9-8(15(16)17)7(3)13-10(11)14-9/h6H,4-5H2,1-3H3,(H,12,13,14). The number of anilines is 1. The summed E-state index contributed by atoms with van der Waals surface area (Å²) in [5.74, 6) is 0.115. The van der Waals surface area contributed by atoms with Crippen molar-refractivity contribution in [3.8, 4) is 0 Å². The maximum Gasteiger partial charge on any atom is 0.332 e. The Morgan fingerprint density at radius 2 is 2.22 bits per heavy atom. The third kappa shape index (κ3) is 3.78. The summed E-state index contributed by atoms with van der Waals surface area (Å²) in [5, 5.41) is 13.8. The number of aryl methyl sites for hydroxylation is 1.